The minimum Gasteiger partial charge on any atom is -0.854 e. The first-order valence-electron chi connectivity index (χ1n) is 40.8. The zero-order chi connectivity index (χ0) is 76.7. The third kappa shape index (κ3) is 18.3. The molecule has 0 aromatic carbocycles. The molecular weight excluding hydrogens is 1310 g/mol. The molecule has 19 nitrogen and oxygen atoms in total. The quantitative estimate of drug-likeness (QED) is 0.139. The molecule has 0 aromatic heterocycles. The molecule has 10 fully saturated rings. The first-order valence-corrected chi connectivity index (χ1v) is 40.8. The lowest BCUT2D eigenvalue weighted by Crippen LogP contribution is -2.61. The van der Waals surface area contributed by atoms with Crippen LogP contribution in [0.3, 0.4) is 0 Å². The van der Waals surface area contributed by atoms with Crippen LogP contribution in [0.15, 0.2) is 0 Å². The van der Waals surface area contributed by atoms with Crippen molar-refractivity contribution in [3.63, 3.8) is 0 Å². The highest BCUT2D eigenvalue weighted by molar-refractivity contribution is 5.73. The van der Waals surface area contributed by atoms with Gasteiger partial charge in [-0.15, -0.1) is 6.61 Å². The maximum atomic E-state index is 14.5. The molecule has 0 N–H and O–H groups in total. The van der Waals surface area contributed by atoms with E-state index in [2.05, 4.69) is 159 Å². The molecule has 10 rings (SSSR count). The fourth-order valence-corrected chi connectivity index (χ4v) is 20.7. The number of hydrogen-bond acceptors (Lipinski definition) is 19. The second kappa shape index (κ2) is 32.2. The van der Waals surface area contributed by atoms with Crippen LogP contribution in [-0.4, -0.2) is 165 Å². The van der Waals surface area contributed by atoms with Crippen molar-refractivity contribution in [3.8, 4) is 0 Å². The highest BCUT2D eigenvalue weighted by Crippen LogP contribution is 2.55. The van der Waals surface area contributed by atoms with E-state index in [1.165, 1.54) is 0 Å². The van der Waals surface area contributed by atoms with Crippen molar-refractivity contribution < 1.29 is 90.5 Å². The van der Waals surface area contributed by atoms with Crippen LogP contribution in [-0.2, 0) is 85.4 Å². The van der Waals surface area contributed by atoms with Crippen LogP contribution in [0, 0.1) is 105 Å². The molecule has 0 amide bonds. The molecule has 0 aromatic rings. The lowest BCUT2D eigenvalue weighted by molar-refractivity contribution is -0.394. The molecule has 10 aliphatic rings. The molecule has 4 unspecified atom stereocenters. The SMILES string of the molecule is CC[C@H]1OC(=O)[C@H](C)[C@@H](OC2CC(C)(C)[C@@H](C)[C@H](C)O2)[C@H](C)[C@@H](OC2O[C@H](C)C[C@H](C)[C@H]2C)C(C)(C)C[C@@H](C)[C@@H]2OC(C)(C)O[C@H]([C@H]2C)[C@@]12CO2.CC[C@H]1OC(=O)[C@H](C)[C@@H](OC2CC(C)(C)[C@@H](C)[C@H](C)O2)[C@H](C)[C@@H](OC2O[C@H](C)C[C@H](C[O-])[C@H]2C)C(C)(C)C[C@@H](C)[C@@H]2OC(C)(C)O[C@H]([C@H]2C)[C@@]12CO2. The van der Waals surface area contributed by atoms with Gasteiger partial charge in [0.2, 0.25) is 0 Å². The van der Waals surface area contributed by atoms with Crippen molar-refractivity contribution in [2.75, 3.05) is 19.8 Å². The molecule has 103 heavy (non-hydrogen) atoms. The number of carbonyl (C=O) groups excluding carboxylic acids is 2. The third-order valence-corrected chi connectivity index (χ3v) is 28.0. The van der Waals surface area contributed by atoms with Gasteiger partial charge in [0.25, 0.3) is 0 Å². The fourth-order valence-electron chi connectivity index (χ4n) is 20.7. The Labute approximate surface area is 623 Å². The van der Waals surface area contributed by atoms with Crippen LogP contribution in [0.1, 0.15) is 266 Å². The summed E-state index contributed by atoms with van der Waals surface area (Å²) in [6.07, 6.45) is 0.214. The van der Waals surface area contributed by atoms with Gasteiger partial charge in [0.05, 0.1) is 86.1 Å². The van der Waals surface area contributed by atoms with Crippen molar-refractivity contribution in [1.82, 2.24) is 0 Å². The standard InChI is InChI=1S/C42H73O10.C42H74O9/c1-16-31-42(21-45-42)36-25(5)33(51-41(14,15)52-36)22(2)18-40(12,13)35(50-38-24(4)30(20-43)17-23(3)46-38)26(6)34(27(7)37(44)48-31)49-32-19-39(10,11)28(8)29(9)47-32;1-17-31-42(21-44-42)36-26(6)33(50-41(15,16)51-36)23(3)19-40(13,14)35(49-38-25(5)22(2)18-24(4)45-38)27(7)34(28(8)37(43)47-31)48-32-20-39(11,12)29(9)30(10)46-32/h22-36,38H,16-21H2,1-15H3;22-36,38H,17-21H2,1-16H3/q-1;/t22-,23-,24-,25+,26+,27-,28+,29+,30-,31-,32?,33+,34+,35-,36-,38?,42-;22-,23+,24+,25+,26-,27-,28+,29-,30-,31+,32?,33-,34-,35+,36+,38?,42+/m10/s1. The van der Waals surface area contributed by atoms with Crippen molar-refractivity contribution in [2.24, 2.45) is 105 Å². The van der Waals surface area contributed by atoms with Crippen LogP contribution < -0.4 is 5.11 Å². The number of cyclic esters (lactones) is 2. The van der Waals surface area contributed by atoms with Crippen LogP contribution in [0.25, 0.3) is 0 Å². The molecule has 10 saturated heterocycles. The number of hydrogen-bond donors (Lipinski definition) is 0. The van der Waals surface area contributed by atoms with Crippen LogP contribution >= 0.6 is 0 Å². The topological polar surface area (TPSA) is 211 Å². The Balaban J connectivity index is 0.000000239. The largest absolute Gasteiger partial charge is 0.854 e. The van der Waals surface area contributed by atoms with E-state index < -0.39 is 89.4 Å². The van der Waals surface area contributed by atoms with Crippen molar-refractivity contribution in [3.05, 3.63) is 0 Å². The summed E-state index contributed by atoms with van der Waals surface area (Å²) in [5.41, 5.74) is -2.30. The van der Waals surface area contributed by atoms with Gasteiger partial charge < -0.3 is 80.9 Å². The van der Waals surface area contributed by atoms with E-state index in [1.54, 1.807) is 0 Å². The number of carbonyl (C=O) groups is 2. The molecule has 34 atom stereocenters. The Bertz CT molecular complexity index is 2780. The summed E-state index contributed by atoms with van der Waals surface area (Å²) < 4.78 is 107. The van der Waals surface area contributed by atoms with E-state index in [1.807, 2.05) is 55.4 Å². The zero-order valence-corrected chi connectivity index (χ0v) is 70.0. The Hall–Kier alpha value is -1.66. The molecule has 2 spiro atoms. The molecule has 598 valence electrons. The van der Waals surface area contributed by atoms with Gasteiger partial charge in [0, 0.05) is 48.3 Å². The van der Waals surface area contributed by atoms with Gasteiger partial charge >= 0.3 is 11.9 Å². The van der Waals surface area contributed by atoms with Gasteiger partial charge in [-0.3, -0.25) is 9.59 Å². The minimum absolute atomic E-state index is 0.00434. The number of rotatable bonds is 11. The maximum Gasteiger partial charge on any atom is 0.311 e. The number of fused-ring (bicyclic) bond motifs is 6. The normalized spacial score (nSPS) is 49.9. The molecule has 10 heterocycles. The molecule has 0 saturated carbocycles. The third-order valence-electron chi connectivity index (χ3n) is 28.0. The molecule has 0 aliphatic carbocycles. The van der Waals surface area contributed by atoms with Gasteiger partial charge in [-0.05, 0) is 165 Å². The van der Waals surface area contributed by atoms with E-state index in [-0.39, 0.29) is 149 Å². The van der Waals surface area contributed by atoms with E-state index >= 15 is 0 Å². The lowest BCUT2D eigenvalue weighted by atomic mass is 9.68. The summed E-state index contributed by atoms with van der Waals surface area (Å²) in [6, 6.07) is 0. The van der Waals surface area contributed by atoms with Gasteiger partial charge in [-0.25, -0.2) is 0 Å². The van der Waals surface area contributed by atoms with Gasteiger partial charge in [0.15, 0.2) is 47.9 Å². The lowest BCUT2D eigenvalue weighted by Gasteiger charge is -2.52. The highest BCUT2D eigenvalue weighted by atomic mass is 16.8. The van der Waals surface area contributed by atoms with Gasteiger partial charge in [-0.2, -0.15) is 0 Å². The van der Waals surface area contributed by atoms with E-state index in [4.69, 9.17) is 75.8 Å². The van der Waals surface area contributed by atoms with Crippen molar-refractivity contribution >= 4 is 11.9 Å². The van der Waals surface area contributed by atoms with Crippen molar-refractivity contribution in [1.29, 1.82) is 0 Å². The number of ether oxygens (including phenoxy) is 16. The number of esters is 2. The molecule has 19 heteroatoms. The summed E-state index contributed by atoms with van der Waals surface area (Å²) in [7, 11) is 0. The average molecular weight is 1460 g/mol. The van der Waals surface area contributed by atoms with Crippen LogP contribution in [0.4, 0.5) is 0 Å². The Morgan fingerprint density at radius 3 is 1.12 bits per heavy atom. The predicted octanol–water partition coefficient (Wildman–Crippen LogP) is 15.4. The first kappa shape index (κ1) is 85.3. The van der Waals surface area contributed by atoms with Gasteiger partial charge in [0.1, 0.15) is 24.4 Å². The van der Waals surface area contributed by atoms with Crippen LogP contribution in [0.2, 0.25) is 0 Å². The zero-order valence-electron chi connectivity index (χ0n) is 70.0. The fraction of sp³-hybridized carbons (Fsp3) is 0.976. The monoisotopic (exact) mass is 1460 g/mol. The smallest absolute Gasteiger partial charge is 0.311 e. The Morgan fingerprint density at radius 2 is 0.777 bits per heavy atom. The second-order valence-corrected chi connectivity index (χ2v) is 39.1. The summed E-state index contributed by atoms with van der Waals surface area (Å²) in [6.45, 7) is 67.5. The summed E-state index contributed by atoms with van der Waals surface area (Å²) in [4.78, 5) is 29.0. The summed E-state index contributed by atoms with van der Waals surface area (Å²) in [5.74, 6) is -2.62. The van der Waals surface area contributed by atoms with Crippen molar-refractivity contribution in [2.45, 2.75) is 399 Å². The second-order valence-electron chi connectivity index (χ2n) is 39.1. The molecule has 0 radical (unpaired) electrons. The van der Waals surface area contributed by atoms with E-state index in [9.17, 15) is 14.7 Å². The minimum atomic E-state index is -0.856. The van der Waals surface area contributed by atoms with E-state index in [0.717, 1.165) is 25.7 Å². The Kier molecular flexibility index (Phi) is 26.7. The summed E-state index contributed by atoms with van der Waals surface area (Å²) in [5, 5.41) is 12.3. The highest BCUT2D eigenvalue weighted by Gasteiger charge is 2.67. The average Bonchev–Trinajstić information content (AvgIpc) is 1.59. The van der Waals surface area contributed by atoms with Gasteiger partial charge in [-0.1, -0.05) is 145 Å². The molecular formula is C84H147O19-. The Morgan fingerprint density at radius 1 is 0.417 bits per heavy atom. The predicted molar refractivity (Wildman–Crippen MR) is 393 cm³/mol. The van der Waals surface area contributed by atoms with E-state index in [0.29, 0.717) is 56.7 Å². The molecule has 10 aliphatic heterocycles. The number of epoxide rings is 2. The summed E-state index contributed by atoms with van der Waals surface area (Å²) >= 11 is 0. The first-order chi connectivity index (χ1) is 47.6. The molecule has 4 bridgehead atoms. The maximum absolute atomic E-state index is 14.5. The van der Waals surface area contributed by atoms with Crippen LogP contribution in [0.5, 0.6) is 0 Å².